The van der Waals surface area contributed by atoms with Gasteiger partial charge < -0.3 is 10.6 Å². The van der Waals surface area contributed by atoms with E-state index in [2.05, 4.69) is 15.7 Å². The number of aryl methyl sites for hydroxylation is 1. The molecule has 3 heterocycles. The van der Waals surface area contributed by atoms with Gasteiger partial charge >= 0.3 is 0 Å². The normalized spacial score (nSPS) is 15.9. The van der Waals surface area contributed by atoms with Gasteiger partial charge in [-0.25, -0.2) is 9.50 Å². The molecule has 4 aromatic rings. The Bertz CT molecular complexity index is 1180. The van der Waals surface area contributed by atoms with Gasteiger partial charge in [0.05, 0.1) is 17.1 Å². The van der Waals surface area contributed by atoms with Crippen LogP contribution in [-0.2, 0) is 4.79 Å². The van der Waals surface area contributed by atoms with Crippen LogP contribution in [0.4, 0.5) is 11.5 Å². The molecule has 5 rings (SSSR count). The van der Waals surface area contributed by atoms with Crippen LogP contribution in [0.5, 0.6) is 0 Å². The van der Waals surface area contributed by atoms with Gasteiger partial charge in [0.2, 0.25) is 5.91 Å². The fourth-order valence-electron chi connectivity index (χ4n) is 3.81. The van der Waals surface area contributed by atoms with Crippen LogP contribution in [0.15, 0.2) is 54.6 Å². The zero-order valence-corrected chi connectivity index (χ0v) is 14.9. The lowest BCUT2D eigenvalue weighted by molar-refractivity contribution is -0.117. The summed E-state index contributed by atoms with van der Waals surface area (Å²) in [5.41, 5.74) is 4.76. The Labute approximate surface area is 156 Å². The second kappa shape index (κ2) is 6.09. The average Bonchev–Trinajstić information content (AvgIpc) is 3.21. The molecule has 1 atom stereocenters. The molecule has 0 fully saturated rings. The Balaban J connectivity index is 1.43. The molecule has 2 aromatic carbocycles. The molecule has 0 spiro atoms. The number of benzene rings is 2. The number of amides is 1. The maximum absolute atomic E-state index is 12.3. The molecule has 0 saturated heterocycles. The summed E-state index contributed by atoms with van der Waals surface area (Å²) in [4.78, 5) is 17.0. The van der Waals surface area contributed by atoms with Crippen LogP contribution in [0.3, 0.4) is 0 Å². The number of hydrogen-bond acceptors (Lipinski definition) is 4. The molecule has 2 N–H and O–H groups in total. The van der Waals surface area contributed by atoms with Crippen LogP contribution >= 0.6 is 0 Å². The number of anilines is 2. The number of nitrogens with zero attached hydrogens (tertiary/aromatic N) is 3. The van der Waals surface area contributed by atoms with E-state index in [1.807, 2.05) is 66.0 Å². The van der Waals surface area contributed by atoms with Crippen molar-refractivity contribution in [2.24, 2.45) is 0 Å². The van der Waals surface area contributed by atoms with Crippen LogP contribution < -0.4 is 10.6 Å². The lowest BCUT2D eigenvalue weighted by Gasteiger charge is -2.12. The summed E-state index contributed by atoms with van der Waals surface area (Å²) in [7, 11) is 0. The first-order chi connectivity index (χ1) is 13.2. The minimum atomic E-state index is -0.124. The third-order valence-corrected chi connectivity index (χ3v) is 5.06. The molecule has 2 aromatic heterocycles. The van der Waals surface area contributed by atoms with Gasteiger partial charge in [-0.15, -0.1) is 0 Å². The SMILES string of the molecule is Cc1cc2nc(NCC[C@@H]3C(=O)Nc4ccccc43)c3ccccc3n2n1. The highest BCUT2D eigenvalue weighted by Crippen LogP contribution is 2.34. The van der Waals surface area contributed by atoms with Crippen molar-refractivity contribution in [1.82, 2.24) is 14.6 Å². The van der Waals surface area contributed by atoms with Crippen LogP contribution in [0.2, 0.25) is 0 Å². The molecule has 1 aliphatic heterocycles. The van der Waals surface area contributed by atoms with Gasteiger partial charge in [0.1, 0.15) is 5.82 Å². The lowest BCUT2D eigenvalue weighted by atomic mass is 9.97. The predicted molar refractivity (Wildman–Crippen MR) is 106 cm³/mol. The summed E-state index contributed by atoms with van der Waals surface area (Å²) in [5.74, 6) is 0.767. The molecule has 134 valence electrons. The van der Waals surface area contributed by atoms with Crippen LogP contribution in [0.1, 0.15) is 23.6 Å². The van der Waals surface area contributed by atoms with Crippen molar-refractivity contribution in [1.29, 1.82) is 0 Å². The molecule has 1 amide bonds. The van der Waals surface area contributed by atoms with E-state index in [1.165, 1.54) is 0 Å². The monoisotopic (exact) mass is 357 g/mol. The number of nitrogens with one attached hydrogen (secondary N) is 2. The minimum absolute atomic E-state index is 0.0673. The molecular weight excluding hydrogens is 338 g/mol. The summed E-state index contributed by atoms with van der Waals surface area (Å²) in [6.45, 7) is 2.62. The van der Waals surface area contributed by atoms with Crippen molar-refractivity contribution in [3.05, 3.63) is 65.9 Å². The van der Waals surface area contributed by atoms with E-state index >= 15 is 0 Å². The average molecular weight is 357 g/mol. The molecule has 0 aliphatic carbocycles. The third-order valence-electron chi connectivity index (χ3n) is 5.06. The first-order valence-electron chi connectivity index (χ1n) is 9.09. The number of hydrogen-bond donors (Lipinski definition) is 2. The highest BCUT2D eigenvalue weighted by atomic mass is 16.2. The molecule has 1 aliphatic rings. The van der Waals surface area contributed by atoms with Crippen molar-refractivity contribution in [3.63, 3.8) is 0 Å². The predicted octanol–water partition coefficient (Wildman–Crippen LogP) is 3.73. The van der Waals surface area contributed by atoms with Gasteiger partial charge in [0, 0.05) is 23.7 Å². The highest BCUT2D eigenvalue weighted by molar-refractivity contribution is 6.02. The van der Waals surface area contributed by atoms with Crippen molar-refractivity contribution >= 4 is 34.0 Å². The number of para-hydroxylation sites is 2. The molecule has 0 radical (unpaired) electrons. The van der Waals surface area contributed by atoms with Crippen LogP contribution in [0.25, 0.3) is 16.6 Å². The van der Waals surface area contributed by atoms with Crippen LogP contribution in [-0.4, -0.2) is 27.0 Å². The van der Waals surface area contributed by atoms with Gasteiger partial charge in [-0.2, -0.15) is 5.10 Å². The topological polar surface area (TPSA) is 71.3 Å². The molecule has 0 bridgehead atoms. The van der Waals surface area contributed by atoms with E-state index in [9.17, 15) is 4.79 Å². The van der Waals surface area contributed by atoms with E-state index < -0.39 is 0 Å². The second-order valence-electron chi connectivity index (χ2n) is 6.88. The van der Waals surface area contributed by atoms with Crippen molar-refractivity contribution in [2.45, 2.75) is 19.3 Å². The number of fused-ring (bicyclic) bond motifs is 4. The number of carbonyl (C=O) groups is 1. The summed E-state index contributed by atoms with van der Waals surface area (Å²) < 4.78 is 1.87. The largest absolute Gasteiger partial charge is 0.369 e. The minimum Gasteiger partial charge on any atom is -0.369 e. The number of aromatic nitrogens is 3. The van der Waals surface area contributed by atoms with Gasteiger partial charge in [-0.3, -0.25) is 4.79 Å². The van der Waals surface area contributed by atoms with Gasteiger partial charge in [-0.1, -0.05) is 30.3 Å². The van der Waals surface area contributed by atoms with E-state index in [1.54, 1.807) is 0 Å². The van der Waals surface area contributed by atoms with Crippen molar-refractivity contribution in [3.8, 4) is 0 Å². The van der Waals surface area contributed by atoms with Crippen molar-refractivity contribution < 1.29 is 4.79 Å². The summed E-state index contributed by atoms with van der Waals surface area (Å²) >= 11 is 0. The summed E-state index contributed by atoms with van der Waals surface area (Å²) in [5, 5.41) is 11.9. The maximum atomic E-state index is 12.3. The Morgan fingerprint density at radius 1 is 1.15 bits per heavy atom. The van der Waals surface area contributed by atoms with E-state index in [0.717, 1.165) is 39.3 Å². The standard InChI is InChI=1S/C21H19N5O/c1-13-12-19-24-20(16-7-3-5-9-18(16)26(19)25-13)22-11-10-15-14-6-2-4-8-17(14)23-21(15)27/h2-9,12,15H,10-11H2,1H3,(H,22,24)(H,23,27)/t15-/m0/s1. The Hall–Kier alpha value is -3.41. The molecule has 0 saturated carbocycles. The van der Waals surface area contributed by atoms with Crippen LogP contribution in [0, 0.1) is 6.92 Å². The zero-order valence-electron chi connectivity index (χ0n) is 14.9. The molecule has 6 nitrogen and oxygen atoms in total. The zero-order chi connectivity index (χ0) is 18.4. The fourth-order valence-corrected chi connectivity index (χ4v) is 3.81. The summed E-state index contributed by atoms with van der Waals surface area (Å²) in [6.07, 6.45) is 0.711. The molecule has 6 heteroatoms. The molecule has 0 unspecified atom stereocenters. The second-order valence-corrected chi connectivity index (χ2v) is 6.88. The number of carbonyl (C=O) groups excluding carboxylic acids is 1. The smallest absolute Gasteiger partial charge is 0.232 e. The maximum Gasteiger partial charge on any atom is 0.232 e. The highest BCUT2D eigenvalue weighted by Gasteiger charge is 2.29. The summed E-state index contributed by atoms with van der Waals surface area (Å²) in [6, 6.07) is 17.9. The fraction of sp³-hybridized carbons (Fsp3) is 0.190. The lowest BCUT2D eigenvalue weighted by Crippen LogP contribution is -2.16. The van der Waals surface area contributed by atoms with Gasteiger partial charge in [-0.05, 0) is 37.1 Å². The first kappa shape index (κ1) is 15.8. The van der Waals surface area contributed by atoms with Crippen molar-refractivity contribution in [2.75, 3.05) is 17.2 Å². The van der Waals surface area contributed by atoms with E-state index in [4.69, 9.17) is 4.98 Å². The Morgan fingerprint density at radius 2 is 1.96 bits per heavy atom. The van der Waals surface area contributed by atoms with Gasteiger partial charge in [0.15, 0.2) is 5.65 Å². The first-order valence-corrected chi connectivity index (χ1v) is 9.09. The van der Waals surface area contributed by atoms with E-state index in [0.29, 0.717) is 13.0 Å². The Kier molecular flexibility index (Phi) is 3.57. The number of rotatable bonds is 4. The van der Waals surface area contributed by atoms with Gasteiger partial charge in [0.25, 0.3) is 0 Å². The molecular formula is C21H19N5O. The van der Waals surface area contributed by atoms with E-state index in [-0.39, 0.29) is 11.8 Å². The Morgan fingerprint density at radius 3 is 2.89 bits per heavy atom. The quantitative estimate of drug-likeness (QED) is 0.584. The third kappa shape index (κ3) is 2.61. The molecule has 27 heavy (non-hydrogen) atoms.